The zero-order valence-corrected chi connectivity index (χ0v) is 18.8. The molecule has 0 bridgehead atoms. The molecule has 0 aliphatic rings. The summed E-state index contributed by atoms with van der Waals surface area (Å²) in [6.07, 6.45) is 1.30. The molecule has 2 aromatic carbocycles. The topological polar surface area (TPSA) is 134 Å². The van der Waals surface area contributed by atoms with Gasteiger partial charge in [-0.1, -0.05) is 24.3 Å². The van der Waals surface area contributed by atoms with Gasteiger partial charge in [-0.15, -0.1) is 0 Å². The van der Waals surface area contributed by atoms with Gasteiger partial charge in [0.05, 0.1) is 21.8 Å². The van der Waals surface area contributed by atoms with Gasteiger partial charge in [0.2, 0.25) is 0 Å². The highest BCUT2D eigenvalue weighted by molar-refractivity contribution is 5.77. The second-order valence-electron chi connectivity index (χ2n) is 8.07. The van der Waals surface area contributed by atoms with Crippen LogP contribution in [0.4, 0.5) is 0 Å². The van der Waals surface area contributed by atoms with Gasteiger partial charge < -0.3 is 20.6 Å². The fourth-order valence-corrected chi connectivity index (χ4v) is 3.96. The highest BCUT2D eigenvalue weighted by Gasteiger charge is 2.07. The maximum absolute atomic E-state index is 12.5. The average Bonchev–Trinajstić information content (AvgIpc) is 2.83. The third-order valence-corrected chi connectivity index (χ3v) is 5.73. The summed E-state index contributed by atoms with van der Waals surface area (Å²) in [5, 5.41) is 7.57. The molecule has 0 amide bonds. The Labute approximate surface area is 194 Å². The fraction of sp³-hybridized carbons (Fsp3) is 0.333. The predicted octanol–water partition coefficient (Wildman–Crippen LogP) is 0.353. The number of rotatable bonds is 11. The number of benzene rings is 2. The summed E-state index contributed by atoms with van der Waals surface area (Å²) in [7, 11) is 0. The van der Waals surface area contributed by atoms with E-state index in [-0.39, 0.29) is 11.1 Å². The summed E-state index contributed by atoms with van der Waals surface area (Å²) in [6, 6.07) is 14.0. The van der Waals surface area contributed by atoms with Crippen molar-refractivity contribution in [3.8, 4) is 0 Å². The van der Waals surface area contributed by atoms with Crippen molar-refractivity contribution in [3.63, 3.8) is 0 Å². The molecule has 0 aliphatic carbocycles. The summed E-state index contributed by atoms with van der Waals surface area (Å²) >= 11 is 0. The van der Waals surface area contributed by atoms with Crippen molar-refractivity contribution in [2.24, 2.45) is 0 Å². The molecular formula is C24H28N6O4. The van der Waals surface area contributed by atoms with Crippen LogP contribution in [0.15, 0.2) is 67.7 Å². The standard InChI is InChI=1S/C24H28N6O4/c31-21-17-7-1-3-9-19(17)27-23(33)29(21)15-5-11-25-13-14-26-12-6-16-30-22(32)18-8-2-4-10-20(18)28-24(30)34/h1-4,7-10,25-26H,5-6,11-16H2,(H,27,33)(H,28,34). The highest BCUT2D eigenvalue weighted by Crippen LogP contribution is 2.04. The van der Waals surface area contributed by atoms with Crippen LogP contribution >= 0.6 is 0 Å². The molecule has 2 aromatic heterocycles. The summed E-state index contributed by atoms with van der Waals surface area (Å²) < 4.78 is 2.47. The lowest BCUT2D eigenvalue weighted by molar-refractivity contribution is 0.526. The maximum atomic E-state index is 12.5. The van der Waals surface area contributed by atoms with E-state index in [1.165, 1.54) is 9.13 Å². The van der Waals surface area contributed by atoms with Gasteiger partial charge in [0.15, 0.2) is 0 Å². The van der Waals surface area contributed by atoms with Gasteiger partial charge in [0, 0.05) is 26.2 Å². The van der Waals surface area contributed by atoms with Crippen molar-refractivity contribution in [1.29, 1.82) is 0 Å². The van der Waals surface area contributed by atoms with Crippen molar-refractivity contribution >= 4 is 21.8 Å². The van der Waals surface area contributed by atoms with E-state index in [9.17, 15) is 19.2 Å². The first kappa shape index (κ1) is 23.4. The monoisotopic (exact) mass is 464 g/mol. The van der Waals surface area contributed by atoms with Gasteiger partial charge in [0.1, 0.15) is 0 Å². The van der Waals surface area contributed by atoms with Gasteiger partial charge in [-0.2, -0.15) is 0 Å². The molecule has 0 spiro atoms. The largest absolute Gasteiger partial charge is 0.328 e. The molecule has 0 unspecified atom stereocenters. The van der Waals surface area contributed by atoms with Crippen molar-refractivity contribution < 1.29 is 0 Å². The van der Waals surface area contributed by atoms with Crippen LogP contribution in [-0.4, -0.2) is 45.3 Å². The summed E-state index contributed by atoms with van der Waals surface area (Å²) in [5.41, 5.74) is -0.235. The Bertz CT molecular complexity index is 1400. The first-order chi connectivity index (χ1) is 16.6. The third-order valence-electron chi connectivity index (χ3n) is 5.73. The fourth-order valence-electron chi connectivity index (χ4n) is 3.96. The second kappa shape index (κ2) is 10.9. The van der Waals surface area contributed by atoms with Crippen LogP contribution < -0.4 is 33.1 Å². The minimum absolute atomic E-state index is 0.273. The normalized spacial score (nSPS) is 11.4. The number of aromatic nitrogens is 4. The lowest BCUT2D eigenvalue weighted by Crippen LogP contribution is -2.37. The molecule has 0 fully saturated rings. The molecule has 10 heteroatoms. The number of aromatic amines is 2. The van der Waals surface area contributed by atoms with E-state index in [0.717, 1.165) is 13.1 Å². The Kier molecular flexibility index (Phi) is 7.51. The quantitative estimate of drug-likeness (QED) is 0.237. The zero-order valence-electron chi connectivity index (χ0n) is 18.8. The minimum atomic E-state index is -0.394. The zero-order chi connectivity index (χ0) is 23.9. The molecule has 0 aliphatic heterocycles. The number of fused-ring (bicyclic) bond motifs is 2. The lowest BCUT2D eigenvalue weighted by Gasteiger charge is -2.09. The molecule has 0 saturated carbocycles. The molecule has 0 saturated heterocycles. The first-order valence-corrected chi connectivity index (χ1v) is 11.4. The smallest absolute Gasteiger partial charge is 0.315 e. The van der Waals surface area contributed by atoms with Crippen LogP contribution in [0.5, 0.6) is 0 Å². The molecule has 4 rings (SSSR count). The summed E-state index contributed by atoms with van der Waals surface area (Å²) in [4.78, 5) is 54.8. The number of nitrogens with one attached hydrogen (secondary N) is 4. The Hall–Kier alpha value is -3.76. The number of para-hydroxylation sites is 2. The van der Waals surface area contributed by atoms with Crippen LogP contribution in [0, 0.1) is 0 Å². The molecule has 4 N–H and O–H groups in total. The molecular weight excluding hydrogens is 436 g/mol. The van der Waals surface area contributed by atoms with Crippen LogP contribution in [0.1, 0.15) is 12.8 Å². The maximum Gasteiger partial charge on any atom is 0.328 e. The van der Waals surface area contributed by atoms with E-state index >= 15 is 0 Å². The Morgan fingerprint density at radius 1 is 0.588 bits per heavy atom. The molecule has 0 radical (unpaired) electrons. The van der Waals surface area contributed by atoms with Gasteiger partial charge >= 0.3 is 11.4 Å². The molecule has 10 nitrogen and oxygen atoms in total. The highest BCUT2D eigenvalue weighted by atomic mass is 16.2. The second-order valence-corrected chi connectivity index (χ2v) is 8.07. The number of nitrogens with zero attached hydrogens (tertiary/aromatic N) is 2. The van der Waals surface area contributed by atoms with Crippen molar-refractivity contribution in [2.45, 2.75) is 25.9 Å². The van der Waals surface area contributed by atoms with Crippen molar-refractivity contribution in [2.75, 3.05) is 26.2 Å². The van der Waals surface area contributed by atoms with Gasteiger partial charge in [0.25, 0.3) is 11.1 Å². The number of hydrogen-bond donors (Lipinski definition) is 4. The van der Waals surface area contributed by atoms with E-state index in [2.05, 4.69) is 20.6 Å². The van der Waals surface area contributed by atoms with E-state index < -0.39 is 11.4 Å². The predicted molar refractivity (Wildman–Crippen MR) is 133 cm³/mol. The van der Waals surface area contributed by atoms with E-state index in [4.69, 9.17) is 0 Å². The summed E-state index contributed by atoms with van der Waals surface area (Å²) in [5.74, 6) is 0. The van der Waals surface area contributed by atoms with Gasteiger partial charge in [-0.25, -0.2) is 9.59 Å². The Balaban J connectivity index is 1.15. The van der Waals surface area contributed by atoms with Crippen molar-refractivity contribution in [1.82, 2.24) is 29.7 Å². The van der Waals surface area contributed by atoms with Gasteiger partial charge in [-0.3, -0.25) is 18.7 Å². The van der Waals surface area contributed by atoms with Gasteiger partial charge in [-0.05, 0) is 50.2 Å². The lowest BCUT2D eigenvalue weighted by atomic mass is 10.2. The SMILES string of the molecule is O=c1[nH]c2ccccc2c(=O)n1CCCNCCNCCCn1c(=O)[nH]c2ccccc2c1=O. The van der Waals surface area contributed by atoms with Crippen LogP contribution in [0.3, 0.4) is 0 Å². The van der Waals surface area contributed by atoms with Crippen LogP contribution in [-0.2, 0) is 13.1 Å². The van der Waals surface area contributed by atoms with Crippen LogP contribution in [0.2, 0.25) is 0 Å². The molecule has 0 atom stereocenters. The third kappa shape index (κ3) is 5.24. The number of hydrogen-bond acceptors (Lipinski definition) is 6. The van der Waals surface area contributed by atoms with E-state index in [1.54, 1.807) is 48.5 Å². The molecule has 178 valence electrons. The minimum Gasteiger partial charge on any atom is -0.315 e. The first-order valence-electron chi connectivity index (χ1n) is 11.4. The van der Waals surface area contributed by atoms with Crippen molar-refractivity contribution in [3.05, 3.63) is 90.2 Å². The molecule has 34 heavy (non-hydrogen) atoms. The average molecular weight is 465 g/mol. The number of H-pyrrole nitrogens is 2. The van der Waals surface area contributed by atoms with Crippen LogP contribution in [0.25, 0.3) is 21.8 Å². The molecule has 4 aromatic rings. The van der Waals surface area contributed by atoms with E-state index in [1.807, 2.05) is 0 Å². The van der Waals surface area contributed by atoms with E-state index in [0.29, 0.717) is 60.8 Å². The summed E-state index contributed by atoms with van der Waals surface area (Å²) in [6.45, 7) is 3.46. The Morgan fingerprint density at radius 3 is 1.44 bits per heavy atom. The Morgan fingerprint density at radius 2 is 1.00 bits per heavy atom. The molecule has 2 heterocycles.